The maximum atomic E-state index is 5.77. The number of rotatable bonds is 9. The smallest absolute Gasteiger partial charge is 0.248 e. The van der Waals surface area contributed by atoms with Crippen LogP contribution >= 0.6 is 0 Å². The zero-order chi connectivity index (χ0) is 12.5. The van der Waals surface area contributed by atoms with Gasteiger partial charge in [-0.2, -0.15) is 0 Å². The Morgan fingerprint density at radius 2 is 2.00 bits per heavy atom. The first-order valence-corrected chi connectivity index (χ1v) is 7.26. The van der Waals surface area contributed by atoms with E-state index >= 15 is 0 Å². The zero-order valence-corrected chi connectivity index (χ0v) is 11.9. The van der Waals surface area contributed by atoms with Crippen LogP contribution in [0.1, 0.15) is 52.9 Å². The molecule has 1 rings (SSSR count). The molecule has 3 nitrogen and oxygen atoms in total. The summed E-state index contributed by atoms with van der Waals surface area (Å²) in [6.45, 7) is 11.8. The van der Waals surface area contributed by atoms with E-state index in [0.29, 0.717) is 0 Å². The molecular weight excluding hydrogens is 212 g/mol. The maximum absolute atomic E-state index is 5.77. The first-order chi connectivity index (χ1) is 8.33. The second-order valence-corrected chi connectivity index (χ2v) is 4.75. The molecule has 0 aromatic carbocycles. The van der Waals surface area contributed by atoms with Crippen molar-refractivity contribution in [2.75, 3.05) is 33.0 Å². The molecule has 3 heteroatoms. The molecule has 17 heavy (non-hydrogen) atoms. The van der Waals surface area contributed by atoms with Crippen LogP contribution in [-0.2, 0) is 4.74 Å². The van der Waals surface area contributed by atoms with Gasteiger partial charge in [-0.05, 0) is 19.8 Å². The highest BCUT2D eigenvalue weighted by molar-refractivity contribution is 5.78. The maximum Gasteiger partial charge on any atom is 0.248 e. The topological polar surface area (TPSA) is 15.5 Å². The van der Waals surface area contributed by atoms with E-state index in [0.717, 1.165) is 26.4 Å². The summed E-state index contributed by atoms with van der Waals surface area (Å²) in [5.41, 5.74) is 0. The molecule has 100 valence electrons. The average Bonchev–Trinajstić information content (AvgIpc) is 2.72. The van der Waals surface area contributed by atoms with E-state index in [-0.39, 0.29) is 0 Å². The summed E-state index contributed by atoms with van der Waals surface area (Å²) in [5, 5.41) is 0. The van der Waals surface area contributed by atoms with Gasteiger partial charge in [-0.1, -0.05) is 26.7 Å². The van der Waals surface area contributed by atoms with Crippen LogP contribution < -0.4 is 0 Å². The lowest BCUT2D eigenvalue weighted by atomic mass is 10.3. The van der Waals surface area contributed by atoms with Gasteiger partial charge >= 0.3 is 0 Å². The van der Waals surface area contributed by atoms with Gasteiger partial charge in [0, 0.05) is 6.42 Å². The van der Waals surface area contributed by atoms with Gasteiger partial charge in [0.15, 0.2) is 6.73 Å². The Morgan fingerprint density at radius 1 is 1.18 bits per heavy atom. The van der Waals surface area contributed by atoms with Crippen molar-refractivity contribution in [2.45, 2.75) is 52.9 Å². The third-order valence-electron chi connectivity index (χ3n) is 3.36. The van der Waals surface area contributed by atoms with Crippen LogP contribution in [0.3, 0.4) is 0 Å². The fraction of sp³-hybridized carbons (Fsp3) is 0.929. The monoisotopic (exact) mass is 241 g/mol. The van der Waals surface area contributed by atoms with Crippen molar-refractivity contribution in [3.8, 4) is 0 Å². The van der Waals surface area contributed by atoms with Crippen molar-refractivity contribution in [2.24, 2.45) is 0 Å². The van der Waals surface area contributed by atoms with Crippen LogP contribution in [0.25, 0.3) is 0 Å². The van der Waals surface area contributed by atoms with Crippen molar-refractivity contribution >= 4 is 5.84 Å². The SMILES string of the molecule is CCCCCOC[N+]1=C(CCC)N(CC)CC1. The largest absolute Gasteiger partial charge is 0.342 e. The van der Waals surface area contributed by atoms with E-state index in [2.05, 4.69) is 30.2 Å². The van der Waals surface area contributed by atoms with Gasteiger partial charge in [-0.25, -0.2) is 4.58 Å². The number of nitrogens with zero attached hydrogens (tertiary/aromatic N) is 2. The lowest BCUT2D eigenvalue weighted by Crippen LogP contribution is -2.29. The van der Waals surface area contributed by atoms with Gasteiger partial charge in [0.05, 0.1) is 13.2 Å². The van der Waals surface area contributed by atoms with Crippen LogP contribution in [0, 0.1) is 0 Å². The van der Waals surface area contributed by atoms with E-state index in [1.54, 1.807) is 0 Å². The first kappa shape index (κ1) is 14.5. The molecule has 0 spiro atoms. The molecule has 1 aliphatic heterocycles. The second kappa shape index (κ2) is 8.51. The van der Waals surface area contributed by atoms with E-state index in [1.165, 1.54) is 44.5 Å². The normalized spacial score (nSPS) is 16.1. The number of hydrogen-bond donors (Lipinski definition) is 0. The molecule has 0 unspecified atom stereocenters. The van der Waals surface area contributed by atoms with Crippen LogP contribution in [0.2, 0.25) is 0 Å². The minimum absolute atomic E-state index is 0.787. The standard InChI is InChI=1S/C14H29N2O/c1-4-7-8-12-17-13-16-11-10-15(6-3)14(16)9-5-2/h4-13H2,1-3H3/q+1. The molecular formula is C14H29N2O+. The van der Waals surface area contributed by atoms with Crippen molar-refractivity contribution in [1.82, 2.24) is 4.90 Å². The average molecular weight is 241 g/mol. The molecule has 0 bridgehead atoms. The molecule has 0 amide bonds. The third-order valence-corrected chi connectivity index (χ3v) is 3.36. The van der Waals surface area contributed by atoms with Crippen LogP contribution in [0.15, 0.2) is 0 Å². The van der Waals surface area contributed by atoms with E-state index in [9.17, 15) is 0 Å². The molecule has 0 aromatic rings. The summed E-state index contributed by atoms with van der Waals surface area (Å²) < 4.78 is 8.18. The quantitative estimate of drug-likeness (QED) is 0.455. The van der Waals surface area contributed by atoms with Gasteiger partial charge in [0.2, 0.25) is 5.84 Å². The number of ether oxygens (including phenoxy) is 1. The number of amidine groups is 1. The molecule has 0 aromatic heterocycles. The lowest BCUT2D eigenvalue weighted by molar-refractivity contribution is -0.560. The van der Waals surface area contributed by atoms with Gasteiger partial charge in [-0.15, -0.1) is 0 Å². The van der Waals surface area contributed by atoms with E-state index < -0.39 is 0 Å². The zero-order valence-electron chi connectivity index (χ0n) is 11.9. The molecule has 0 N–H and O–H groups in total. The Labute approximate surface area is 106 Å². The highest BCUT2D eigenvalue weighted by Crippen LogP contribution is 2.07. The lowest BCUT2D eigenvalue weighted by Gasteiger charge is -2.10. The Kier molecular flexibility index (Phi) is 7.25. The minimum Gasteiger partial charge on any atom is -0.342 e. The summed E-state index contributed by atoms with van der Waals surface area (Å²) in [6.07, 6.45) is 6.16. The van der Waals surface area contributed by atoms with Crippen molar-refractivity contribution in [3.05, 3.63) is 0 Å². The fourth-order valence-corrected chi connectivity index (χ4v) is 2.35. The molecule has 0 radical (unpaired) electrons. The summed E-state index contributed by atoms with van der Waals surface area (Å²) in [6, 6.07) is 0. The van der Waals surface area contributed by atoms with Crippen LogP contribution in [0.5, 0.6) is 0 Å². The first-order valence-electron chi connectivity index (χ1n) is 7.26. The summed E-state index contributed by atoms with van der Waals surface area (Å²) in [7, 11) is 0. The van der Waals surface area contributed by atoms with Gasteiger partial charge in [0.1, 0.15) is 13.1 Å². The summed E-state index contributed by atoms with van der Waals surface area (Å²) in [5.74, 6) is 1.49. The Balaban J connectivity index is 2.35. The number of unbranched alkanes of at least 4 members (excludes halogenated alkanes) is 2. The minimum atomic E-state index is 0.787. The van der Waals surface area contributed by atoms with E-state index in [4.69, 9.17) is 4.74 Å². The molecule has 0 aliphatic carbocycles. The Morgan fingerprint density at radius 3 is 2.65 bits per heavy atom. The molecule has 1 aliphatic rings. The molecule has 0 saturated carbocycles. The molecule has 0 saturated heterocycles. The molecule has 0 atom stereocenters. The summed E-state index contributed by atoms with van der Waals surface area (Å²) >= 11 is 0. The Hall–Kier alpha value is -0.570. The molecule has 0 fully saturated rings. The van der Waals surface area contributed by atoms with Gasteiger partial charge < -0.3 is 4.74 Å². The van der Waals surface area contributed by atoms with Gasteiger partial charge in [0.25, 0.3) is 0 Å². The molecule has 1 heterocycles. The fourth-order valence-electron chi connectivity index (χ4n) is 2.35. The third kappa shape index (κ3) is 4.66. The van der Waals surface area contributed by atoms with Crippen LogP contribution in [0.4, 0.5) is 0 Å². The predicted octanol–water partition coefficient (Wildman–Crippen LogP) is 2.70. The summed E-state index contributed by atoms with van der Waals surface area (Å²) in [4.78, 5) is 2.49. The highest BCUT2D eigenvalue weighted by atomic mass is 16.5. The van der Waals surface area contributed by atoms with Crippen molar-refractivity contribution in [1.29, 1.82) is 0 Å². The predicted molar refractivity (Wildman–Crippen MR) is 72.6 cm³/mol. The van der Waals surface area contributed by atoms with Gasteiger partial charge in [-0.3, -0.25) is 4.90 Å². The number of likely N-dealkylation sites (N-methyl/N-ethyl adjacent to an activating group) is 1. The second-order valence-electron chi connectivity index (χ2n) is 4.75. The van der Waals surface area contributed by atoms with Crippen LogP contribution in [-0.4, -0.2) is 48.3 Å². The van der Waals surface area contributed by atoms with Crippen molar-refractivity contribution in [3.63, 3.8) is 0 Å². The highest BCUT2D eigenvalue weighted by Gasteiger charge is 2.27. The van der Waals surface area contributed by atoms with E-state index in [1.807, 2.05) is 0 Å². The Bertz CT molecular complexity index is 238. The number of hydrogen-bond acceptors (Lipinski definition) is 2. The van der Waals surface area contributed by atoms with Crippen molar-refractivity contribution < 1.29 is 9.31 Å².